The second-order valence-corrected chi connectivity index (χ2v) is 9.03. The highest BCUT2D eigenvalue weighted by atomic mass is 16.7. The summed E-state index contributed by atoms with van der Waals surface area (Å²) in [6.45, 7) is 5.98. The van der Waals surface area contributed by atoms with E-state index in [0.717, 1.165) is 30.4 Å². The molecule has 5 atom stereocenters. The Bertz CT molecular complexity index is 1020. The fraction of sp³-hybridized carbons (Fsp3) is 0.583. The number of aryl methyl sites for hydroxylation is 2. The summed E-state index contributed by atoms with van der Waals surface area (Å²) in [5.41, 5.74) is -0.943. The molecular weight excluding hydrogens is 376 g/mol. The number of benzene rings is 1. The van der Waals surface area contributed by atoms with Crippen LogP contribution >= 0.6 is 0 Å². The van der Waals surface area contributed by atoms with Gasteiger partial charge < -0.3 is 9.47 Å². The molecule has 154 valence electrons. The van der Waals surface area contributed by atoms with Gasteiger partial charge in [-0.3, -0.25) is 5.41 Å². The van der Waals surface area contributed by atoms with Crippen LogP contribution in [0.4, 0.5) is 0 Å². The van der Waals surface area contributed by atoms with Crippen LogP contribution in [-0.2, 0) is 9.47 Å². The van der Waals surface area contributed by atoms with Gasteiger partial charge in [-0.25, -0.2) is 0 Å². The van der Waals surface area contributed by atoms with Crippen LogP contribution in [0.25, 0.3) is 0 Å². The van der Waals surface area contributed by atoms with E-state index in [4.69, 9.17) is 14.9 Å². The molecule has 2 aliphatic heterocycles. The molecule has 0 aromatic heterocycles. The number of nitriles is 3. The van der Waals surface area contributed by atoms with Gasteiger partial charge in [0, 0.05) is 6.42 Å². The van der Waals surface area contributed by atoms with Crippen LogP contribution in [-0.4, -0.2) is 11.7 Å². The zero-order chi connectivity index (χ0) is 21.7. The summed E-state index contributed by atoms with van der Waals surface area (Å²) >= 11 is 0. The highest BCUT2D eigenvalue weighted by molar-refractivity contribution is 5.89. The van der Waals surface area contributed by atoms with Crippen molar-refractivity contribution < 1.29 is 9.47 Å². The second-order valence-electron chi connectivity index (χ2n) is 9.03. The third-order valence-corrected chi connectivity index (χ3v) is 7.43. The van der Waals surface area contributed by atoms with Gasteiger partial charge in [0.15, 0.2) is 5.41 Å². The van der Waals surface area contributed by atoms with Crippen LogP contribution in [0.2, 0.25) is 0 Å². The first-order valence-corrected chi connectivity index (χ1v) is 10.6. The molecular formula is C24H26N4O2. The standard InChI is InChI=1S/C24H26N4O2/c1-4-5-17-8-9-24-19(11-17)23(14-27,21(28)30-24)22(12-25,13-26)20(29-24)18-10-15(2)6-7-16(18)3/h6-7,10,17,19-20,28H,4-5,8-9,11H2,1-3H3. The molecule has 6 heteroatoms. The average Bonchev–Trinajstić information content (AvgIpc) is 2.94. The summed E-state index contributed by atoms with van der Waals surface area (Å²) < 4.78 is 12.6. The number of nitrogens with one attached hydrogen (secondary N) is 1. The first-order chi connectivity index (χ1) is 14.3. The summed E-state index contributed by atoms with van der Waals surface area (Å²) in [5, 5.41) is 39.9. The molecule has 1 aliphatic carbocycles. The van der Waals surface area contributed by atoms with E-state index < -0.39 is 28.6 Å². The summed E-state index contributed by atoms with van der Waals surface area (Å²) in [6.07, 6.45) is 3.12. The number of ether oxygens (including phenoxy) is 2. The lowest BCUT2D eigenvalue weighted by atomic mass is 9.50. The quantitative estimate of drug-likeness (QED) is 0.777. The normalized spacial score (nSPS) is 36.0. The first kappa shape index (κ1) is 20.4. The van der Waals surface area contributed by atoms with Crippen molar-refractivity contribution in [1.82, 2.24) is 0 Å². The SMILES string of the molecule is CCCC1CCC23OC(=N)C(C#N)(C2C1)C(C#N)(C#N)C(c1cc(C)ccc1C)O3. The van der Waals surface area contributed by atoms with Gasteiger partial charge in [0.05, 0.1) is 24.1 Å². The maximum Gasteiger partial charge on any atom is 0.217 e. The Morgan fingerprint density at radius 3 is 2.53 bits per heavy atom. The van der Waals surface area contributed by atoms with Crippen molar-refractivity contribution >= 4 is 5.90 Å². The molecule has 2 bridgehead atoms. The molecule has 2 saturated heterocycles. The summed E-state index contributed by atoms with van der Waals surface area (Å²) in [4.78, 5) is 0. The monoisotopic (exact) mass is 402 g/mol. The molecule has 4 rings (SSSR count). The van der Waals surface area contributed by atoms with Crippen LogP contribution in [0.15, 0.2) is 18.2 Å². The fourth-order valence-electron chi connectivity index (χ4n) is 5.91. The van der Waals surface area contributed by atoms with E-state index in [1.54, 1.807) is 0 Å². The highest BCUT2D eigenvalue weighted by Gasteiger charge is 2.80. The van der Waals surface area contributed by atoms with E-state index in [0.29, 0.717) is 24.3 Å². The second kappa shape index (κ2) is 6.83. The fourth-order valence-corrected chi connectivity index (χ4v) is 5.91. The van der Waals surface area contributed by atoms with Gasteiger partial charge >= 0.3 is 0 Å². The van der Waals surface area contributed by atoms with E-state index in [1.807, 2.05) is 32.0 Å². The zero-order valence-electron chi connectivity index (χ0n) is 17.7. The van der Waals surface area contributed by atoms with E-state index in [-0.39, 0.29) is 5.90 Å². The summed E-state index contributed by atoms with van der Waals surface area (Å²) in [5.74, 6) is -1.56. The molecule has 5 unspecified atom stereocenters. The summed E-state index contributed by atoms with van der Waals surface area (Å²) in [6, 6.07) is 12.4. The van der Waals surface area contributed by atoms with Crippen molar-refractivity contribution in [3.63, 3.8) is 0 Å². The Morgan fingerprint density at radius 1 is 1.17 bits per heavy atom. The molecule has 1 aromatic carbocycles. The van der Waals surface area contributed by atoms with Crippen molar-refractivity contribution in [3.05, 3.63) is 34.9 Å². The van der Waals surface area contributed by atoms with E-state index in [2.05, 4.69) is 25.1 Å². The van der Waals surface area contributed by atoms with Crippen LogP contribution in [0.5, 0.6) is 0 Å². The molecule has 6 nitrogen and oxygen atoms in total. The van der Waals surface area contributed by atoms with Gasteiger partial charge in [-0.2, -0.15) is 15.8 Å². The van der Waals surface area contributed by atoms with Crippen LogP contribution in [0.1, 0.15) is 61.8 Å². The number of hydrogen-bond acceptors (Lipinski definition) is 6. The number of nitrogens with zero attached hydrogens (tertiary/aromatic N) is 3. The zero-order valence-corrected chi connectivity index (χ0v) is 17.7. The van der Waals surface area contributed by atoms with Gasteiger partial charge in [-0.15, -0.1) is 0 Å². The largest absolute Gasteiger partial charge is 0.447 e. The van der Waals surface area contributed by atoms with Crippen molar-refractivity contribution in [2.45, 2.75) is 64.8 Å². The Labute approximate surface area is 177 Å². The molecule has 1 saturated carbocycles. The van der Waals surface area contributed by atoms with Crippen LogP contribution < -0.4 is 0 Å². The maximum atomic E-state index is 10.4. The molecule has 3 aliphatic rings. The highest BCUT2D eigenvalue weighted by Crippen LogP contribution is 2.70. The van der Waals surface area contributed by atoms with Crippen molar-refractivity contribution in [1.29, 1.82) is 21.2 Å². The Morgan fingerprint density at radius 2 is 1.90 bits per heavy atom. The van der Waals surface area contributed by atoms with Gasteiger partial charge in [-0.1, -0.05) is 43.5 Å². The molecule has 30 heavy (non-hydrogen) atoms. The topological polar surface area (TPSA) is 114 Å². The molecule has 0 radical (unpaired) electrons. The average molecular weight is 402 g/mol. The Hall–Kier alpha value is -2.88. The van der Waals surface area contributed by atoms with Crippen LogP contribution in [0, 0.1) is 75.9 Å². The van der Waals surface area contributed by atoms with Crippen molar-refractivity contribution in [2.24, 2.45) is 22.7 Å². The van der Waals surface area contributed by atoms with Crippen LogP contribution in [0.3, 0.4) is 0 Å². The van der Waals surface area contributed by atoms with Gasteiger partial charge in [-0.05, 0) is 43.7 Å². The minimum atomic E-state index is -1.86. The predicted molar refractivity (Wildman–Crippen MR) is 109 cm³/mol. The lowest BCUT2D eigenvalue weighted by molar-refractivity contribution is -0.299. The smallest absolute Gasteiger partial charge is 0.217 e. The molecule has 0 spiro atoms. The van der Waals surface area contributed by atoms with Crippen molar-refractivity contribution in [3.8, 4) is 18.2 Å². The van der Waals surface area contributed by atoms with E-state index in [9.17, 15) is 15.8 Å². The van der Waals surface area contributed by atoms with Gasteiger partial charge in [0.25, 0.3) is 0 Å². The lowest BCUT2D eigenvalue weighted by Crippen LogP contribution is -2.61. The molecule has 3 fully saturated rings. The minimum absolute atomic E-state index is 0.289. The van der Waals surface area contributed by atoms with E-state index in [1.165, 1.54) is 0 Å². The van der Waals surface area contributed by atoms with E-state index >= 15 is 0 Å². The molecule has 0 amide bonds. The predicted octanol–water partition coefficient (Wildman–Crippen LogP) is 4.84. The number of hydrogen-bond donors (Lipinski definition) is 1. The van der Waals surface area contributed by atoms with Gasteiger partial charge in [0.2, 0.25) is 17.1 Å². The van der Waals surface area contributed by atoms with Crippen molar-refractivity contribution in [2.75, 3.05) is 0 Å². The third kappa shape index (κ3) is 2.33. The first-order valence-electron chi connectivity index (χ1n) is 10.6. The number of rotatable bonds is 3. The lowest BCUT2D eigenvalue weighted by Gasteiger charge is -2.53. The Kier molecular flexibility index (Phi) is 4.64. The Balaban J connectivity index is 1.96. The maximum absolute atomic E-state index is 10.4. The molecule has 2 heterocycles. The molecule has 1 N–H and O–H groups in total. The minimum Gasteiger partial charge on any atom is -0.447 e. The summed E-state index contributed by atoms with van der Waals surface area (Å²) in [7, 11) is 0. The molecule has 1 aromatic rings. The third-order valence-electron chi connectivity index (χ3n) is 7.43. The van der Waals surface area contributed by atoms with Gasteiger partial charge in [0.1, 0.15) is 6.10 Å².